The van der Waals surface area contributed by atoms with E-state index >= 15 is 0 Å². The molecule has 1 aromatic rings. The van der Waals surface area contributed by atoms with Gasteiger partial charge in [0, 0.05) is 20.1 Å². The quantitative estimate of drug-likeness (QED) is 0.488. The van der Waals surface area contributed by atoms with Gasteiger partial charge in [0.05, 0.1) is 11.2 Å². The van der Waals surface area contributed by atoms with Crippen molar-refractivity contribution in [2.45, 2.75) is 44.9 Å². The van der Waals surface area contributed by atoms with Crippen LogP contribution in [-0.4, -0.2) is 18.3 Å². The summed E-state index contributed by atoms with van der Waals surface area (Å²) < 4.78 is 12.2. The number of allylic oxidation sites excluding steroid dienone is 2. The van der Waals surface area contributed by atoms with Crippen LogP contribution >= 0.6 is 0 Å². The van der Waals surface area contributed by atoms with Crippen molar-refractivity contribution in [2.75, 3.05) is 0 Å². The van der Waals surface area contributed by atoms with Crippen LogP contribution in [0.3, 0.4) is 0 Å². The summed E-state index contributed by atoms with van der Waals surface area (Å²) in [5.74, 6) is 0. The van der Waals surface area contributed by atoms with Gasteiger partial charge in [-0.2, -0.15) is 36.0 Å². The van der Waals surface area contributed by atoms with Crippen LogP contribution in [0.25, 0.3) is 5.32 Å². The van der Waals surface area contributed by atoms with Crippen molar-refractivity contribution in [1.82, 2.24) is 0 Å². The van der Waals surface area contributed by atoms with Gasteiger partial charge in [-0.1, -0.05) is 24.3 Å². The van der Waals surface area contributed by atoms with Crippen molar-refractivity contribution >= 4 is 12.6 Å². The first-order valence-electron chi connectivity index (χ1n) is 7.29. The zero-order chi connectivity index (χ0) is 15.1. The molecule has 3 rings (SSSR count). The van der Waals surface area contributed by atoms with Gasteiger partial charge in [-0.05, 0) is 27.7 Å². The SMILES string of the molecule is CC1(C)OB(c2cc[c-]c(C3C=CC=C[N-]3)c2)OC1(C)C.[Ir]. The topological polar surface area (TPSA) is 32.6 Å². The van der Waals surface area contributed by atoms with E-state index in [1.807, 2.05) is 30.5 Å². The smallest absolute Gasteiger partial charge is 0.469 e. The molecular formula is C17H20BIrNO2-2. The van der Waals surface area contributed by atoms with E-state index in [4.69, 9.17) is 9.31 Å². The van der Waals surface area contributed by atoms with E-state index in [0.29, 0.717) is 0 Å². The number of nitrogens with zero attached hydrogens (tertiary/aromatic N) is 1. The second-order valence-corrected chi connectivity index (χ2v) is 6.49. The minimum atomic E-state index is -0.341. The fourth-order valence-electron chi connectivity index (χ4n) is 2.40. The molecule has 0 amide bonds. The zero-order valence-electron chi connectivity index (χ0n) is 13.3. The van der Waals surface area contributed by atoms with Gasteiger partial charge in [-0.15, -0.1) is 5.46 Å². The number of hydrogen-bond acceptors (Lipinski definition) is 2. The van der Waals surface area contributed by atoms with Gasteiger partial charge in [-0.3, -0.25) is 0 Å². The Hall–Kier alpha value is -0.866. The molecule has 1 radical (unpaired) electrons. The number of hydrogen-bond donors (Lipinski definition) is 0. The average Bonchev–Trinajstić information content (AvgIpc) is 2.69. The molecular weight excluding hydrogens is 453 g/mol. The maximum atomic E-state index is 6.09. The van der Waals surface area contributed by atoms with E-state index in [1.165, 1.54) is 0 Å². The molecule has 1 unspecified atom stereocenters. The summed E-state index contributed by atoms with van der Waals surface area (Å²) in [5.41, 5.74) is 1.40. The predicted molar refractivity (Wildman–Crippen MR) is 85.4 cm³/mol. The molecule has 1 aromatic carbocycles. The maximum absolute atomic E-state index is 6.09. The Labute approximate surface area is 146 Å². The Morgan fingerprint density at radius 2 is 1.82 bits per heavy atom. The third kappa shape index (κ3) is 3.23. The average molecular weight is 473 g/mol. The van der Waals surface area contributed by atoms with Crippen LogP contribution < -0.4 is 5.46 Å². The van der Waals surface area contributed by atoms with E-state index in [1.54, 1.807) is 0 Å². The minimum absolute atomic E-state index is 0. The number of benzene rings is 1. The summed E-state index contributed by atoms with van der Waals surface area (Å²) in [6.45, 7) is 8.25. The Morgan fingerprint density at radius 3 is 2.41 bits per heavy atom. The van der Waals surface area contributed by atoms with E-state index in [-0.39, 0.29) is 44.5 Å². The van der Waals surface area contributed by atoms with Gasteiger partial charge in [0.25, 0.3) is 0 Å². The molecule has 0 aliphatic carbocycles. The second kappa shape index (κ2) is 6.33. The van der Waals surface area contributed by atoms with Crippen LogP contribution in [0.2, 0.25) is 0 Å². The molecule has 119 valence electrons. The molecule has 22 heavy (non-hydrogen) atoms. The molecule has 3 nitrogen and oxygen atoms in total. The fourth-order valence-corrected chi connectivity index (χ4v) is 2.40. The Morgan fingerprint density at radius 1 is 1.14 bits per heavy atom. The molecule has 2 aliphatic rings. The van der Waals surface area contributed by atoms with Crippen molar-refractivity contribution in [3.63, 3.8) is 0 Å². The van der Waals surface area contributed by atoms with Crippen LogP contribution in [0.1, 0.15) is 39.3 Å². The maximum Gasteiger partial charge on any atom is 0.469 e. The largest absolute Gasteiger partial charge is 0.683 e. The van der Waals surface area contributed by atoms with Crippen LogP contribution in [-0.2, 0) is 29.4 Å². The van der Waals surface area contributed by atoms with Crippen LogP contribution in [0.4, 0.5) is 0 Å². The Bertz CT molecular complexity index is 582. The first kappa shape index (κ1) is 17.5. The molecule has 0 N–H and O–H groups in total. The van der Waals surface area contributed by atoms with Gasteiger partial charge >= 0.3 is 7.12 Å². The van der Waals surface area contributed by atoms with Crippen molar-refractivity contribution < 1.29 is 29.4 Å². The van der Waals surface area contributed by atoms with Crippen molar-refractivity contribution in [1.29, 1.82) is 0 Å². The first-order valence-corrected chi connectivity index (χ1v) is 7.29. The fraction of sp³-hybridized carbons (Fsp3) is 0.412. The normalized spacial score (nSPS) is 24.7. The van der Waals surface area contributed by atoms with E-state index < -0.39 is 0 Å². The molecule has 0 aromatic heterocycles. The van der Waals surface area contributed by atoms with Gasteiger partial charge in [0.1, 0.15) is 0 Å². The molecule has 0 spiro atoms. The molecule has 1 fully saturated rings. The van der Waals surface area contributed by atoms with Gasteiger partial charge in [0.2, 0.25) is 0 Å². The van der Waals surface area contributed by atoms with E-state index in [9.17, 15) is 0 Å². The second-order valence-electron chi connectivity index (χ2n) is 6.49. The summed E-state index contributed by atoms with van der Waals surface area (Å²) >= 11 is 0. The van der Waals surface area contributed by atoms with E-state index in [2.05, 4.69) is 51.2 Å². The third-order valence-corrected chi connectivity index (χ3v) is 4.43. The summed E-state index contributed by atoms with van der Waals surface area (Å²) in [7, 11) is -0.341. The van der Waals surface area contributed by atoms with Crippen molar-refractivity contribution in [3.8, 4) is 0 Å². The first-order chi connectivity index (χ1) is 9.89. The van der Waals surface area contributed by atoms with E-state index in [0.717, 1.165) is 11.0 Å². The molecule has 0 saturated carbocycles. The molecule has 1 saturated heterocycles. The van der Waals surface area contributed by atoms with Crippen molar-refractivity contribution in [3.05, 3.63) is 59.6 Å². The number of rotatable bonds is 2. The molecule has 5 heteroatoms. The van der Waals surface area contributed by atoms with Gasteiger partial charge < -0.3 is 14.6 Å². The summed E-state index contributed by atoms with van der Waals surface area (Å²) in [6.07, 6.45) is 7.81. The van der Waals surface area contributed by atoms with Crippen LogP contribution in [0.5, 0.6) is 0 Å². The standard InChI is InChI=1S/C17H20BNO2.Ir/c1-16(2)17(3,4)21-18(20-16)14-9-7-8-13(12-14)15-10-5-6-11-19-15;/h5-7,9-12,15H,1-4H3;/q-2;. The summed E-state index contributed by atoms with van der Waals surface area (Å²) in [4.78, 5) is 0. The molecule has 2 aliphatic heterocycles. The Kier molecular flexibility index (Phi) is 5.03. The zero-order valence-corrected chi connectivity index (χ0v) is 15.7. The molecule has 0 bridgehead atoms. The Balaban J connectivity index is 0.00000176. The van der Waals surface area contributed by atoms with Gasteiger partial charge in [0.15, 0.2) is 0 Å². The van der Waals surface area contributed by atoms with Crippen LogP contribution in [0, 0.1) is 6.07 Å². The summed E-state index contributed by atoms with van der Waals surface area (Å²) in [5, 5.41) is 4.44. The van der Waals surface area contributed by atoms with Gasteiger partial charge in [-0.25, -0.2) is 0 Å². The van der Waals surface area contributed by atoms with Crippen LogP contribution in [0.15, 0.2) is 42.6 Å². The molecule has 2 heterocycles. The monoisotopic (exact) mass is 474 g/mol. The minimum Gasteiger partial charge on any atom is -0.683 e. The van der Waals surface area contributed by atoms with Crippen molar-refractivity contribution in [2.24, 2.45) is 0 Å². The predicted octanol–water partition coefficient (Wildman–Crippen LogP) is 3.28. The third-order valence-electron chi connectivity index (χ3n) is 4.43. The molecule has 1 atom stereocenters. The summed E-state index contributed by atoms with van der Waals surface area (Å²) in [6, 6.07) is 9.26.